The van der Waals surface area contributed by atoms with E-state index in [0.717, 1.165) is 6.42 Å². The number of rotatable bonds is 11. The number of nitrogens with two attached hydrogens (primary N) is 1. The van der Waals surface area contributed by atoms with Gasteiger partial charge in [0.25, 0.3) is 5.56 Å². The number of H-pyrrole nitrogens is 1. The van der Waals surface area contributed by atoms with E-state index >= 15 is 0 Å². The van der Waals surface area contributed by atoms with E-state index < -0.39 is 11.2 Å². The lowest BCUT2D eigenvalue weighted by molar-refractivity contribution is -0.118. The van der Waals surface area contributed by atoms with Gasteiger partial charge in [-0.1, -0.05) is 13.3 Å². The van der Waals surface area contributed by atoms with Gasteiger partial charge >= 0.3 is 5.69 Å². The first-order valence-electron chi connectivity index (χ1n) is 10.5. The molecule has 0 bridgehead atoms. The number of carbonyl (C=O) groups is 1. The summed E-state index contributed by atoms with van der Waals surface area (Å²) in [7, 11) is 1.48. The number of unbranched alkanes of at least 4 members (excludes halogenated alkanes) is 1. The first-order chi connectivity index (χ1) is 15.4. The number of benzene rings is 1. The van der Waals surface area contributed by atoms with Crippen molar-refractivity contribution in [2.45, 2.75) is 46.1 Å². The van der Waals surface area contributed by atoms with Gasteiger partial charge in [0.15, 0.2) is 17.2 Å². The van der Waals surface area contributed by atoms with Crippen molar-refractivity contribution in [1.82, 2.24) is 9.55 Å². The van der Waals surface area contributed by atoms with Gasteiger partial charge in [-0.25, -0.2) is 4.79 Å². The second kappa shape index (κ2) is 11.6. The van der Waals surface area contributed by atoms with Crippen molar-refractivity contribution in [3.8, 4) is 17.6 Å². The number of nitriles is 1. The molecule has 2 rings (SSSR count). The number of aromatic amines is 1. The summed E-state index contributed by atoms with van der Waals surface area (Å²) in [4.78, 5) is 40.9. The molecule has 1 amide bonds. The third kappa shape index (κ3) is 5.69. The molecule has 172 valence electrons. The molecule has 0 saturated heterocycles. The van der Waals surface area contributed by atoms with Crippen molar-refractivity contribution in [2.24, 2.45) is 0 Å². The van der Waals surface area contributed by atoms with E-state index in [1.165, 1.54) is 16.6 Å². The summed E-state index contributed by atoms with van der Waals surface area (Å²) in [6.45, 7) is 4.52. The third-order valence-corrected chi connectivity index (χ3v) is 4.92. The van der Waals surface area contributed by atoms with Gasteiger partial charge < -0.3 is 20.1 Å². The molecular weight excluding hydrogens is 414 g/mol. The van der Waals surface area contributed by atoms with E-state index in [4.69, 9.17) is 20.5 Å². The highest BCUT2D eigenvalue weighted by molar-refractivity contribution is 5.95. The van der Waals surface area contributed by atoms with Crippen molar-refractivity contribution in [3.05, 3.63) is 44.6 Å². The SMILES string of the molecule is CCCCn1c(N)c(N(CC)C(=O)CCCOc2ccc(C#N)cc2OC)c(=O)[nH]c1=O. The number of hydrogen-bond donors (Lipinski definition) is 2. The van der Waals surface area contributed by atoms with Crippen molar-refractivity contribution in [1.29, 1.82) is 5.26 Å². The van der Waals surface area contributed by atoms with Crippen LogP contribution < -0.4 is 31.4 Å². The van der Waals surface area contributed by atoms with Crippen molar-refractivity contribution in [2.75, 3.05) is 30.9 Å². The van der Waals surface area contributed by atoms with Gasteiger partial charge in [-0.05, 0) is 31.9 Å². The second-order valence-electron chi connectivity index (χ2n) is 7.07. The Bertz CT molecular complexity index is 1100. The lowest BCUT2D eigenvalue weighted by Gasteiger charge is -2.23. The zero-order valence-electron chi connectivity index (χ0n) is 18.6. The fourth-order valence-corrected chi connectivity index (χ4v) is 3.23. The van der Waals surface area contributed by atoms with Gasteiger partial charge in [-0.2, -0.15) is 5.26 Å². The molecular formula is C22H29N5O5. The highest BCUT2D eigenvalue weighted by atomic mass is 16.5. The molecule has 0 atom stereocenters. The Hall–Kier alpha value is -3.74. The lowest BCUT2D eigenvalue weighted by Crippen LogP contribution is -2.41. The maximum absolute atomic E-state index is 12.8. The number of ether oxygens (including phenoxy) is 2. The molecule has 32 heavy (non-hydrogen) atoms. The van der Waals surface area contributed by atoms with Crippen LogP contribution in [0.5, 0.6) is 11.5 Å². The monoisotopic (exact) mass is 443 g/mol. The quantitative estimate of drug-likeness (QED) is 0.506. The standard InChI is InChI=1S/C22H29N5O5/c1-4-6-11-27-20(24)19(21(29)25-22(27)30)26(5-2)18(28)8-7-12-32-16-10-9-15(14-23)13-17(16)31-3/h9-10,13H,4-8,11-12,24H2,1-3H3,(H,25,29,30). The number of hydrogen-bond acceptors (Lipinski definition) is 7. The Kier molecular flexibility index (Phi) is 8.89. The Balaban J connectivity index is 2.09. The van der Waals surface area contributed by atoms with Crippen LogP contribution in [0.2, 0.25) is 0 Å². The minimum atomic E-state index is -0.686. The maximum atomic E-state index is 12.8. The van der Waals surface area contributed by atoms with Gasteiger partial charge in [0.05, 0.1) is 25.3 Å². The number of anilines is 2. The van der Waals surface area contributed by atoms with E-state index in [1.54, 1.807) is 25.1 Å². The topological polar surface area (TPSA) is 143 Å². The van der Waals surface area contributed by atoms with Gasteiger partial charge in [0.2, 0.25) is 5.91 Å². The lowest BCUT2D eigenvalue weighted by atomic mass is 10.2. The van der Waals surface area contributed by atoms with Crippen molar-refractivity contribution in [3.63, 3.8) is 0 Å². The predicted octanol–water partition coefficient (Wildman–Crippen LogP) is 2.01. The fraction of sp³-hybridized carbons (Fsp3) is 0.455. The number of nitrogens with zero attached hydrogens (tertiary/aromatic N) is 3. The summed E-state index contributed by atoms with van der Waals surface area (Å²) in [5.74, 6) is 0.580. The molecule has 0 fully saturated rings. The first-order valence-corrected chi connectivity index (χ1v) is 10.5. The average molecular weight is 444 g/mol. The van der Waals surface area contributed by atoms with Crippen LogP contribution in [0.3, 0.4) is 0 Å². The van der Waals surface area contributed by atoms with E-state index in [9.17, 15) is 14.4 Å². The van der Waals surface area contributed by atoms with Crippen LogP contribution in [0.15, 0.2) is 27.8 Å². The van der Waals surface area contributed by atoms with Crippen LogP contribution in [0, 0.1) is 11.3 Å². The maximum Gasteiger partial charge on any atom is 0.330 e. The van der Waals surface area contributed by atoms with E-state index in [0.29, 0.717) is 36.4 Å². The van der Waals surface area contributed by atoms with Crippen LogP contribution in [0.25, 0.3) is 0 Å². The molecule has 0 aliphatic rings. The molecule has 0 radical (unpaired) electrons. The van der Waals surface area contributed by atoms with Gasteiger partial charge in [0, 0.05) is 25.6 Å². The first kappa shape index (κ1) is 24.5. The van der Waals surface area contributed by atoms with Crippen molar-refractivity contribution >= 4 is 17.4 Å². The van der Waals surface area contributed by atoms with Crippen LogP contribution in [-0.4, -0.2) is 35.7 Å². The van der Waals surface area contributed by atoms with Crippen LogP contribution in [0.4, 0.5) is 11.5 Å². The normalized spacial score (nSPS) is 10.4. The summed E-state index contributed by atoms with van der Waals surface area (Å²) < 4.78 is 12.2. The number of nitrogens with one attached hydrogen (secondary N) is 1. The average Bonchev–Trinajstić information content (AvgIpc) is 2.79. The van der Waals surface area contributed by atoms with E-state index in [2.05, 4.69) is 4.98 Å². The minimum Gasteiger partial charge on any atom is -0.493 e. The number of carbonyl (C=O) groups excluding carboxylic acids is 1. The molecule has 1 aromatic heterocycles. The third-order valence-electron chi connectivity index (χ3n) is 4.92. The zero-order valence-corrected chi connectivity index (χ0v) is 18.6. The van der Waals surface area contributed by atoms with E-state index in [-0.39, 0.29) is 37.0 Å². The molecule has 3 N–H and O–H groups in total. The number of aromatic nitrogens is 2. The summed E-state index contributed by atoms with van der Waals surface area (Å²) in [6, 6.07) is 6.85. The molecule has 10 nitrogen and oxygen atoms in total. The fourth-order valence-electron chi connectivity index (χ4n) is 3.23. The smallest absolute Gasteiger partial charge is 0.330 e. The highest BCUT2D eigenvalue weighted by Gasteiger charge is 2.22. The summed E-state index contributed by atoms with van der Waals surface area (Å²) in [6.07, 6.45) is 2.05. The van der Waals surface area contributed by atoms with Crippen molar-refractivity contribution < 1.29 is 14.3 Å². The number of methoxy groups -OCH3 is 1. The van der Waals surface area contributed by atoms with Crippen LogP contribution >= 0.6 is 0 Å². The Morgan fingerprint density at radius 1 is 1.25 bits per heavy atom. The molecule has 0 aliphatic carbocycles. The highest BCUT2D eigenvalue weighted by Crippen LogP contribution is 2.28. The number of nitrogen functional groups attached to an aromatic ring is 1. The van der Waals surface area contributed by atoms with Gasteiger partial charge in [0.1, 0.15) is 5.82 Å². The molecule has 2 aromatic rings. The summed E-state index contributed by atoms with van der Waals surface area (Å²) in [5.41, 5.74) is 5.28. The van der Waals surface area contributed by atoms with Gasteiger partial charge in [-0.3, -0.25) is 19.1 Å². The second-order valence-corrected chi connectivity index (χ2v) is 7.07. The van der Waals surface area contributed by atoms with Crippen LogP contribution in [0.1, 0.15) is 45.1 Å². The summed E-state index contributed by atoms with van der Waals surface area (Å²) in [5, 5.41) is 8.97. The molecule has 1 aromatic carbocycles. The Morgan fingerprint density at radius 2 is 2.00 bits per heavy atom. The predicted molar refractivity (Wildman–Crippen MR) is 121 cm³/mol. The summed E-state index contributed by atoms with van der Waals surface area (Å²) >= 11 is 0. The zero-order chi connectivity index (χ0) is 23.7. The Labute approximate surface area is 186 Å². The minimum absolute atomic E-state index is 0.0112. The molecule has 0 aliphatic heterocycles. The molecule has 0 spiro atoms. The van der Waals surface area contributed by atoms with E-state index in [1.807, 2.05) is 13.0 Å². The Morgan fingerprint density at radius 3 is 2.62 bits per heavy atom. The van der Waals surface area contributed by atoms with Crippen LogP contribution in [-0.2, 0) is 11.3 Å². The molecule has 10 heteroatoms. The van der Waals surface area contributed by atoms with Gasteiger partial charge in [-0.15, -0.1) is 0 Å². The molecule has 0 unspecified atom stereocenters. The molecule has 1 heterocycles. The largest absolute Gasteiger partial charge is 0.493 e. The number of amides is 1. The molecule has 0 saturated carbocycles.